The number of hydrogen-bond acceptors (Lipinski definition) is 4. The van der Waals surface area contributed by atoms with E-state index >= 15 is 0 Å². The lowest BCUT2D eigenvalue weighted by Crippen LogP contribution is -2.31. The molecule has 5 nitrogen and oxygen atoms in total. The number of aliphatic hydroxyl groups excluding tert-OH is 1. The molecule has 5 heteroatoms. The molecule has 1 aromatic carbocycles. The largest absolute Gasteiger partial charge is 0.409 e. The molecular formula is C12H19N3O2. The molecule has 0 saturated heterocycles. The Labute approximate surface area is 101 Å². The number of benzene rings is 1. The first kappa shape index (κ1) is 13.5. The van der Waals surface area contributed by atoms with Crippen LogP contribution in [0.4, 0.5) is 0 Å². The highest BCUT2D eigenvalue weighted by Gasteiger charge is 2.09. The summed E-state index contributed by atoms with van der Waals surface area (Å²) in [6.45, 7) is 2.78. The smallest absolute Gasteiger partial charge is 0.170 e. The van der Waals surface area contributed by atoms with E-state index in [0.29, 0.717) is 12.1 Å². The molecule has 1 unspecified atom stereocenters. The van der Waals surface area contributed by atoms with Crippen molar-refractivity contribution in [2.24, 2.45) is 10.9 Å². The zero-order chi connectivity index (χ0) is 12.8. The summed E-state index contributed by atoms with van der Waals surface area (Å²) in [6.07, 6.45) is 0. The Balaban J connectivity index is 2.79. The zero-order valence-electron chi connectivity index (χ0n) is 10.2. The molecule has 0 aromatic heterocycles. The van der Waals surface area contributed by atoms with Crippen LogP contribution in [0, 0.1) is 0 Å². The van der Waals surface area contributed by atoms with Gasteiger partial charge in [-0.1, -0.05) is 23.4 Å². The van der Waals surface area contributed by atoms with Crippen molar-refractivity contribution in [3.63, 3.8) is 0 Å². The van der Waals surface area contributed by atoms with Crippen molar-refractivity contribution in [1.29, 1.82) is 0 Å². The lowest BCUT2D eigenvalue weighted by atomic mass is 10.1. The molecule has 0 fully saturated rings. The second kappa shape index (κ2) is 6.22. The molecule has 0 spiro atoms. The van der Waals surface area contributed by atoms with Crippen LogP contribution in [0.3, 0.4) is 0 Å². The highest BCUT2D eigenvalue weighted by atomic mass is 16.4. The summed E-state index contributed by atoms with van der Waals surface area (Å²) in [6, 6.07) is 7.58. The summed E-state index contributed by atoms with van der Waals surface area (Å²) in [5.74, 6) is 0.102. The fraction of sp³-hybridized carbons (Fsp3) is 0.417. The van der Waals surface area contributed by atoms with Crippen LogP contribution in [0.5, 0.6) is 0 Å². The first-order valence-corrected chi connectivity index (χ1v) is 5.46. The van der Waals surface area contributed by atoms with Crippen LogP contribution in [0.2, 0.25) is 0 Å². The average molecular weight is 237 g/mol. The number of hydrogen-bond donors (Lipinski definition) is 3. The third-order valence-electron chi connectivity index (χ3n) is 2.78. The molecule has 1 atom stereocenters. The quantitative estimate of drug-likeness (QED) is 0.303. The fourth-order valence-corrected chi connectivity index (χ4v) is 1.47. The third kappa shape index (κ3) is 3.72. The predicted molar refractivity (Wildman–Crippen MR) is 67.0 cm³/mol. The standard InChI is InChI=1S/C12H19N3O2/c1-9(8-16)15(2)7-10-4-3-5-11(6-10)12(13)14-17/h3-6,9,16-17H,7-8H2,1-2H3,(H2,13,14). The van der Waals surface area contributed by atoms with Crippen LogP contribution in [0.25, 0.3) is 0 Å². The van der Waals surface area contributed by atoms with Gasteiger partial charge in [-0.05, 0) is 25.6 Å². The Morgan fingerprint density at radius 3 is 2.82 bits per heavy atom. The van der Waals surface area contributed by atoms with Crippen molar-refractivity contribution < 1.29 is 10.3 Å². The van der Waals surface area contributed by atoms with Gasteiger partial charge in [-0.15, -0.1) is 0 Å². The molecule has 4 N–H and O–H groups in total. The first-order chi connectivity index (χ1) is 8.08. The van der Waals surface area contributed by atoms with Crippen molar-refractivity contribution in [1.82, 2.24) is 4.90 Å². The topological polar surface area (TPSA) is 82.1 Å². The van der Waals surface area contributed by atoms with Crippen LogP contribution in [0.15, 0.2) is 29.4 Å². The van der Waals surface area contributed by atoms with Gasteiger partial charge < -0.3 is 16.0 Å². The van der Waals surface area contributed by atoms with Gasteiger partial charge in [0.05, 0.1) is 6.61 Å². The van der Waals surface area contributed by atoms with Crippen molar-refractivity contribution in [3.8, 4) is 0 Å². The van der Waals surface area contributed by atoms with Gasteiger partial charge in [0.25, 0.3) is 0 Å². The minimum absolute atomic E-state index is 0.0995. The molecule has 94 valence electrons. The van der Waals surface area contributed by atoms with E-state index in [1.807, 2.05) is 37.1 Å². The number of nitrogens with two attached hydrogens (primary N) is 1. The van der Waals surface area contributed by atoms with Gasteiger partial charge in [-0.2, -0.15) is 0 Å². The zero-order valence-corrected chi connectivity index (χ0v) is 10.2. The van der Waals surface area contributed by atoms with Crippen LogP contribution in [0.1, 0.15) is 18.1 Å². The third-order valence-corrected chi connectivity index (χ3v) is 2.78. The van der Waals surface area contributed by atoms with E-state index in [0.717, 1.165) is 5.56 Å². The molecule has 0 aliphatic carbocycles. The Kier molecular flexibility index (Phi) is 4.93. The Morgan fingerprint density at radius 1 is 1.53 bits per heavy atom. The van der Waals surface area contributed by atoms with Gasteiger partial charge in [0.15, 0.2) is 5.84 Å². The molecule has 0 radical (unpaired) electrons. The van der Waals surface area contributed by atoms with E-state index in [4.69, 9.17) is 16.0 Å². The second-order valence-electron chi connectivity index (χ2n) is 4.13. The van der Waals surface area contributed by atoms with E-state index in [1.165, 1.54) is 0 Å². The molecule has 1 rings (SSSR count). The van der Waals surface area contributed by atoms with Crippen molar-refractivity contribution in [3.05, 3.63) is 35.4 Å². The highest BCUT2D eigenvalue weighted by molar-refractivity contribution is 5.97. The summed E-state index contributed by atoms with van der Waals surface area (Å²) in [5.41, 5.74) is 7.27. The normalized spacial score (nSPS) is 14.0. The Hall–Kier alpha value is -1.59. The number of rotatable bonds is 5. The van der Waals surface area contributed by atoms with Gasteiger partial charge in [-0.3, -0.25) is 4.90 Å². The fourth-order valence-electron chi connectivity index (χ4n) is 1.47. The lowest BCUT2D eigenvalue weighted by molar-refractivity contribution is 0.154. The summed E-state index contributed by atoms with van der Waals surface area (Å²) in [5, 5.41) is 20.6. The minimum Gasteiger partial charge on any atom is -0.409 e. The summed E-state index contributed by atoms with van der Waals surface area (Å²) in [7, 11) is 1.94. The minimum atomic E-state index is 0.0995. The molecule has 0 bridgehead atoms. The maximum atomic E-state index is 9.05. The van der Waals surface area contributed by atoms with E-state index < -0.39 is 0 Å². The number of aliphatic hydroxyl groups is 1. The second-order valence-corrected chi connectivity index (χ2v) is 4.13. The van der Waals surface area contributed by atoms with Crippen molar-refractivity contribution >= 4 is 5.84 Å². The van der Waals surface area contributed by atoms with Crippen molar-refractivity contribution in [2.45, 2.75) is 19.5 Å². The number of likely N-dealkylation sites (N-methyl/N-ethyl adjacent to an activating group) is 1. The van der Waals surface area contributed by atoms with E-state index in [2.05, 4.69) is 5.16 Å². The van der Waals surface area contributed by atoms with Crippen LogP contribution >= 0.6 is 0 Å². The van der Waals surface area contributed by atoms with E-state index in [-0.39, 0.29) is 18.5 Å². The molecular weight excluding hydrogens is 218 g/mol. The van der Waals surface area contributed by atoms with Gasteiger partial charge in [0, 0.05) is 18.2 Å². The molecule has 1 aromatic rings. The lowest BCUT2D eigenvalue weighted by Gasteiger charge is -2.22. The van der Waals surface area contributed by atoms with Gasteiger partial charge in [-0.25, -0.2) is 0 Å². The van der Waals surface area contributed by atoms with E-state index in [9.17, 15) is 0 Å². The maximum absolute atomic E-state index is 9.05. The highest BCUT2D eigenvalue weighted by Crippen LogP contribution is 2.09. The Bertz CT molecular complexity index is 393. The van der Waals surface area contributed by atoms with Crippen molar-refractivity contribution in [2.75, 3.05) is 13.7 Å². The molecule has 0 aliphatic rings. The number of oxime groups is 1. The summed E-state index contributed by atoms with van der Waals surface area (Å²) < 4.78 is 0. The number of nitrogens with zero attached hydrogens (tertiary/aromatic N) is 2. The van der Waals surface area contributed by atoms with Crippen LogP contribution in [-0.2, 0) is 6.54 Å². The molecule has 0 heterocycles. The molecule has 0 amide bonds. The van der Waals surface area contributed by atoms with E-state index in [1.54, 1.807) is 6.07 Å². The molecule has 0 saturated carbocycles. The summed E-state index contributed by atoms with van der Waals surface area (Å²) >= 11 is 0. The molecule has 17 heavy (non-hydrogen) atoms. The molecule has 0 aliphatic heterocycles. The van der Waals surface area contributed by atoms with Crippen LogP contribution < -0.4 is 5.73 Å². The first-order valence-electron chi connectivity index (χ1n) is 5.46. The predicted octanol–water partition coefficient (Wildman–Crippen LogP) is 0.594. The SMILES string of the molecule is CC(CO)N(C)Cc1cccc(/C(N)=N/O)c1. The average Bonchev–Trinajstić information content (AvgIpc) is 2.37. The van der Waals surface area contributed by atoms with Gasteiger partial charge >= 0.3 is 0 Å². The Morgan fingerprint density at radius 2 is 2.24 bits per heavy atom. The van der Waals surface area contributed by atoms with Crippen LogP contribution in [-0.4, -0.2) is 40.7 Å². The van der Waals surface area contributed by atoms with Gasteiger partial charge in [0.1, 0.15) is 0 Å². The monoisotopic (exact) mass is 237 g/mol. The number of amidine groups is 1. The summed E-state index contributed by atoms with van der Waals surface area (Å²) in [4.78, 5) is 2.03. The maximum Gasteiger partial charge on any atom is 0.170 e. The van der Waals surface area contributed by atoms with Gasteiger partial charge in [0.2, 0.25) is 0 Å².